The zero-order chi connectivity index (χ0) is 12.7. The summed E-state index contributed by atoms with van der Waals surface area (Å²) in [5, 5.41) is 11.9. The highest BCUT2D eigenvalue weighted by Crippen LogP contribution is 2.19. The Balaban J connectivity index is 2.67. The van der Waals surface area contributed by atoms with Crippen LogP contribution in [-0.2, 0) is 4.79 Å². The summed E-state index contributed by atoms with van der Waals surface area (Å²) >= 11 is 0. The topological polar surface area (TPSA) is 52.9 Å². The maximum Gasteiger partial charge on any atom is 0.221 e. The van der Waals surface area contributed by atoms with E-state index in [9.17, 15) is 4.79 Å². The third kappa shape index (κ3) is 4.28. The number of nitrogens with one attached hydrogen (secondary N) is 1. The third-order valence-electron chi connectivity index (χ3n) is 2.56. The normalized spacial score (nSPS) is 11.6. The quantitative estimate of drug-likeness (QED) is 0.845. The van der Waals surface area contributed by atoms with Crippen molar-refractivity contribution in [2.24, 2.45) is 0 Å². The molecule has 1 amide bonds. The molecule has 1 atom stereocenters. The van der Waals surface area contributed by atoms with Crippen molar-refractivity contribution in [1.29, 1.82) is 5.26 Å². The van der Waals surface area contributed by atoms with Gasteiger partial charge in [-0.25, -0.2) is 0 Å². The van der Waals surface area contributed by atoms with Gasteiger partial charge in [0, 0.05) is 13.0 Å². The summed E-state index contributed by atoms with van der Waals surface area (Å²) in [5.74, 6) is -0.410. The first-order valence-electron chi connectivity index (χ1n) is 5.90. The number of rotatable bonds is 5. The lowest BCUT2D eigenvalue weighted by Gasteiger charge is -2.10. The average molecular weight is 230 g/mol. The first-order valence-corrected chi connectivity index (χ1v) is 5.90. The van der Waals surface area contributed by atoms with Crippen molar-refractivity contribution in [1.82, 2.24) is 5.32 Å². The van der Waals surface area contributed by atoms with Gasteiger partial charge in [-0.15, -0.1) is 0 Å². The maximum absolute atomic E-state index is 11.6. The van der Waals surface area contributed by atoms with E-state index < -0.39 is 0 Å². The van der Waals surface area contributed by atoms with E-state index in [0.29, 0.717) is 6.54 Å². The van der Waals surface area contributed by atoms with Gasteiger partial charge in [0.15, 0.2) is 0 Å². The SMILES string of the molecule is CCCNC(=O)CC(C#N)c1cccc(C)c1. The molecule has 1 aromatic carbocycles. The van der Waals surface area contributed by atoms with Gasteiger partial charge in [0.2, 0.25) is 5.91 Å². The molecule has 1 unspecified atom stereocenters. The van der Waals surface area contributed by atoms with Crippen molar-refractivity contribution in [2.45, 2.75) is 32.6 Å². The highest BCUT2D eigenvalue weighted by Gasteiger charge is 2.14. The fraction of sp³-hybridized carbons (Fsp3) is 0.429. The van der Waals surface area contributed by atoms with E-state index in [2.05, 4.69) is 11.4 Å². The van der Waals surface area contributed by atoms with Gasteiger partial charge in [0.25, 0.3) is 0 Å². The zero-order valence-corrected chi connectivity index (χ0v) is 10.4. The van der Waals surface area contributed by atoms with Crippen LogP contribution >= 0.6 is 0 Å². The van der Waals surface area contributed by atoms with Crippen LogP contribution in [0.1, 0.15) is 36.8 Å². The fourth-order valence-corrected chi connectivity index (χ4v) is 1.65. The standard InChI is InChI=1S/C14H18N2O/c1-3-7-16-14(17)9-13(10-15)12-6-4-5-11(2)8-12/h4-6,8,13H,3,7,9H2,1-2H3,(H,16,17). The van der Waals surface area contributed by atoms with Crippen LogP contribution in [0, 0.1) is 18.3 Å². The molecule has 0 aliphatic rings. The lowest BCUT2D eigenvalue weighted by molar-refractivity contribution is -0.121. The molecule has 0 aliphatic heterocycles. The van der Waals surface area contributed by atoms with E-state index in [1.54, 1.807) is 0 Å². The van der Waals surface area contributed by atoms with Gasteiger partial charge in [-0.05, 0) is 18.9 Å². The van der Waals surface area contributed by atoms with Crippen molar-refractivity contribution in [3.05, 3.63) is 35.4 Å². The molecule has 90 valence electrons. The molecule has 0 radical (unpaired) electrons. The smallest absolute Gasteiger partial charge is 0.221 e. The van der Waals surface area contributed by atoms with Gasteiger partial charge < -0.3 is 5.32 Å². The summed E-state index contributed by atoms with van der Waals surface area (Å²) in [6.07, 6.45) is 1.15. The number of benzene rings is 1. The number of hydrogen-bond acceptors (Lipinski definition) is 2. The molecule has 0 aliphatic carbocycles. The van der Waals surface area contributed by atoms with Gasteiger partial charge in [-0.3, -0.25) is 4.79 Å². The van der Waals surface area contributed by atoms with Gasteiger partial charge in [0.1, 0.15) is 0 Å². The van der Waals surface area contributed by atoms with Crippen molar-refractivity contribution in [3.8, 4) is 6.07 Å². The van der Waals surface area contributed by atoms with E-state index in [1.807, 2.05) is 38.1 Å². The van der Waals surface area contributed by atoms with Crippen LogP contribution in [0.25, 0.3) is 0 Å². The number of carbonyl (C=O) groups is 1. The molecule has 0 heterocycles. The molecular formula is C14H18N2O. The zero-order valence-electron chi connectivity index (χ0n) is 10.4. The number of nitriles is 1. The van der Waals surface area contributed by atoms with Crippen LogP contribution in [-0.4, -0.2) is 12.5 Å². The molecule has 17 heavy (non-hydrogen) atoms. The molecule has 0 saturated heterocycles. The Hall–Kier alpha value is -1.82. The van der Waals surface area contributed by atoms with Gasteiger partial charge in [0.05, 0.1) is 12.0 Å². The molecular weight excluding hydrogens is 212 g/mol. The maximum atomic E-state index is 11.6. The van der Waals surface area contributed by atoms with Crippen molar-refractivity contribution in [2.75, 3.05) is 6.54 Å². The minimum absolute atomic E-state index is 0.0556. The minimum atomic E-state index is -0.355. The highest BCUT2D eigenvalue weighted by atomic mass is 16.1. The lowest BCUT2D eigenvalue weighted by Crippen LogP contribution is -2.25. The van der Waals surface area contributed by atoms with E-state index in [4.69, 9.17) is 5.26 Å². The van der Waals surface area contributed by atoms with Crippen LogP contribution in [0.3, 0.4) is 0 Å². The average Bonchev–Trinajstić information content (AvgIpc) is 2.33. The van der Waals surface area contributed by atoms with Crippen LogP contribution < -0.4 is 5.32 Å². The molecule has 1 aromatic rings. The van der Waals surface area contributed by atoms with Crippen molar-refractivity contribution >= 4 is 5.91 Å². The summed E-state index contributed by atoms with van der Waals surface area (Å²) in [5.41, 5.74) is 2.02. The second kappa shape index (κ2) is 6.70. The predicted molar refractivity (Wildman–Crippen MR) is 67.5 cm³/mol. The first kappa shape index (κ1) is 13.2. The van der Waals surface area contributed by atoms with Crippen LogP contribution in [0.15, 0.2) is 24.3 Å². The van der Waals surface area contributed by atoms with Gasteiger partial charge >= 0.3 is 0 Å². The summed E-state index contributed by atoms with van der Waals surface area (Å²) in [6, 6.07) is 9.95. The number of hydrogen-bond donors (Lipinski definition) is 1. The van der Waals surface area contributed by atoms with Crippen molar-refractivity contribution in [3.63, 3.8) is 0 Å². The monoisotopic (exact) mass is 230 g/mol. The van der Waals surface area contributed by atoms with E-state index in [0.717, 1.165) is 17.5 Å². The second-order valence-electron chi connectivity index (χ2n) is 4.15. The summed E-state index contributed by atoms with van der Waals surface area (Å²) in [6.45, 7) is 4.66. The Morgan fingerprint density at radius 2 is 2.29 bits per heavy atom. The number of carbonyl (C=O) groups excluding carboxylic acids is 1. The Labute approximate surface area is 102 Å². The number of nitrogens with zero attached hydrogens (tertiary/aromatic N) is 1. The summed E-state index contributed by atoms with van der Waals surface area (Å²) in [4.78, 5) is 11.6. The van der Waals surface area contributed by atoms with Crippen LogP contribution in [0.4, 0.5) is 0 Å². The highest BCUT2D eigenvalue weighted by molar-refractivity contribution is 5.77. The third-order valence-corrected chi connectivity index (χ3v) is 2.56. The molecule has 3 nitrogen and oxygen atoms in total. The molecule has 0 saturated carbocycles. The Morgan fingerprint density at radius 3 is 2.88 bits per heavy atom. The number of aryl methyl sites for hydroxylation is 1. The van der Waals surface area contributed by atoms with E-state index >= 15 is 0 Å². The Morgan fingerprint density at radius 1 is 1.53 bits per heavy atom. The Kier molecular flexibility index (Phi) is 5.22. The molecule has 0 bridgehead atoms. The minimum Gasteiger partial charge on any atom is -0.356 e. The number of amides is 1. The van der Waals surface area contributed by atoms with E-state index in [1.165, 1.54) is 0 Å². The van der Waals surface area contributed by atoms with Crippen LogP contribution in [0.5, 0.6) is 0 Å². The largest absolute Gasteiger partial charge is 0.356 e. The summed E-state index contributed by atoms with van der Waals surface area (Å²) < 4.78 is 0. The fourth-order valence-electron chi connectivity index (χ4n) is 1.65. The van der Waals surface area contributed by atoms with Crippen LogP contribution in [0.2, 0.25) is 0 Å². The second-order valence-corrected chi connectivity index (χ2v) is 4.15. The molecule has 0 aromatic heterocycles. The molecule has 0 fully saturated rings. The molecule has 1 N–H and O–H groups in total. The molecule has 0 spiro atoms. The molecule has 1 rings (SSSR count). The molecule has 3 heteroatoms. The first-order chi connectivity index (χ1) is 8.17. The summed E-state index contributed by atoms with van der Waals surface area (Å²) in [7, 11) is 0. The Bertz CT molecular complexity index is 420. The van der Waals surface area contributed by atoms with Crippen molar-refractivity contribution < 1.29 is 4.79 Å². The lowest BCUT2D eigenvalue weighted by atomic mass is 9.95. The predicted octanol–water partition coefficient (Wildman–Crippen LogP) is 2.52. The van der Waals surface area contributed by atoms with Gasteiger partial charge in [-0.2, -0.15) is 5.26 Å². The van der Waals surface area contributed by atoms with E-state index in [-0.39, 0.29) is 18.2 Å². The van der Waals surface area contributed by atoms with Gasteiger partial charge in [-0.1, -0.05) is 36.8 Å².